The van der Waals surface area contributed by atoms with E-state index in [1.165, 1.54) is 12.1 Å². The molecule has 2 aromatic heterocycles. The van der Waals surface area contributed by atoms with Crippen molar-refractivity contribution in [2.75, 3.05) is 5.32 Å². The summed E-state index contributed by atoms with van der Waals surface area (Å²) in [5.74, 6) is 0.0513. The van der Waals surface area contributed by atoms with Crippen LogP contribution in [-0.2, 0) is 0 Å². The Morgan fingerprint density at radius 2 is 2.04 bits per heavy atom. The predicted molar refractivity (Wildman–Crippen MR) is 84.7 cm³/mol. The van der Waals surface area contributed by atoms with Crippen LogP contribution in [0.25, 0.3) is 16.9 Å². The van der Waals surface area contributed by atoms with Crippen molar-refractivity contribution in [1.29, 1.82) is 0 Å². The summed E-state index contributed by atoms with van der Waals surface area (Å²) >= 11 is 0. The van der Waals surface area contributed by atoms with Crippen molar-refractivity contribution < 1.29 is 9.18 Å². The Morgan fingerprint density at radius 3 is 2.78 bits per heavy atom. The molecule has 0 saturated carbocycles. The summed E-state index contributed by atoms with van der Waals surface area (Å²) in [5, 5.41) is 6.74. The number of halogens is 1. The predicted octanol–water partition coefficient (Wildman–Crippen LogP) is 2.87. The van der Waals surface area contributed by atoms with Gasteiger partial charge in [-0.1, -0.05) is 0 Å². The van der Waals surface area contributed by atoms with Crippen LogP contribution in [0.1, 0.15) is 5.56 Å². The minimum absolute atomic E-state index is 0.295. The maximum absolute atomic E-state index is 13.3. The average molecular weight is 311 g/mol. The van der Waals surface area contributed by atoms with Crippen LogP contribution in [0.3, 0.4) is 0 Å². The molecule has 116 valence electrons. The fraction of sp³-hybridized carbons (Fsp3) is 0.0625. The molecule has 0 spiro atoms. The molecule has 2 heterocycles. The Morgan fingerprint density at radius 1 is 1.22 bits per heavy atom. The summed E-state index contributed by atoms with van der Waals surface area (Å²) in [6.45, 7) is 1.82. The van der Waals surface area contributed by atoms with E-state index in [0.717, 1.165) is 22.5 Å². The molecule has 0 aliphatic heterocycles. The summed E-state index contributed by atoms with van der Waals surface area (Å²) in [6.07, 6.45) is 3.22. The van der Waals surface area contributed by atoms with Gasteiger partial charge in [0.25, 0.3) is 0 Å². The molecule has 0 aliphatic carbocycles. The van der Waals surface area contributed by atoms with Gasteiger partial charge in [-0.2, -0.15) is 5.10 Å². The van der Waals surface area contributed by atoms with Crippen LogP contribution < -0.4 is 11.1 Å². The van der Waals surface area contributed by atoms with Crippen LogP contribution in [0.2, 0.25) is 0 Å². The number of pyridine rings is 1. The van der Waals surface area contributed by atoms with Crippen LogP contribution in [0.4, 0.5) is 15.0 Å². The molecule has 23 heavy (non-hydrogen) atoms. The molecular formula is C16H14FN5O. The SMILES string of the molecule is Cc1cc(F)ccc1-n1nccc1-c1ccnc(NC(N)=O)c1. The maximum Gasteiger partial charge on any atom is 0.317 e. The largest absolute Gasteiger partial charge is 0.351 e. The van der Waals surface area contributed by atoms with Gasteiger partial charge in [0.05, 0.1) is 17.6 Å². The molecule has 0 atom stereocenters. The summed E-state index contributed by atoms with van der Waals surface area (Å²) < 4.78 is 15.0. The number of anilines is 1. The number of carbonyl (C=O) groups excluding carboxylic acids is 1. The number of amides is 2. The highest BCUT2D eigenvalue weighted by molar-refractivity contribution is 5.87. The standard InChI is InChI=1S/C16H14FN5O/c1-10-8-12(17)2-3-13(10)22-14(5-7-20-22)11-4-6-19-15(9-11)21-16(18)23/h2-9H,1H3,(H3,18,19,21,23). The lowest BCUT2D eigenvalue weighted by atomic mass is 10.1. The molecule has 0 bridgehead atoms. The van der Waals surface area contributed by atoms with E-state index in [4.69, 9.17) is 5.73 Å². The van der Waals surface area contributed by atoms with E-state index in [2.05, 4.69) is 15.4 Å². The van der Waals surface area contributed by atoms with E-state index < -0.39 is 6.03 Å². The molecule has 3 N–H and O–H groups in total. The van der Waals surface area contributed by atoms with Gasteiger partial charge in [0.1, 0.15) is 11.6 Å². The van der Waals surface area contributed by atoms with Crippen molar-refractivity contribution >= 4 is 11.8 Å². The highest BCUT2D eigenvalue weighted by Gasteiger charge is 2.11. The first-order valence-corrected chi connectivity index (χ1v) is 6.88. The van der Waals surface area contributed by atoms with E-state index in [1.54, 1.807) is 35.3 Å². The number of nitrogens with one attached hydrogen (secondary N) is 1. The second-order valence-electron chi connectivity index (χ2n) is 4.98. The molecule has 0 saturated heterocycles. The van der Waals surface area contributed by atoms with Crippen molar-refractivity contribution in [2.45, 2.75) is 6.92 Å². The number of nitrogens with zero attached hydrogens (tertiary/aromatic N) is 3. The molecule has 0 fully saturated rings. The number of nitrogens with two attached hydrogens (primary N) is 1. The Labute approximate surface area is 131 Å². The fourth-order valence-electron chi connectivity index (χ4n) is 2.35. The van der Waals surface area contributed by atoms with Crippen molar-refractivity contribution in [3.05, 3.63) is 60.2 Å². The quantitative estimate of drug-likeness (QED) is 0.780. The number of primary amides is 1. The van der Waals surface area contributed by atoms with Crippen molar-refractivity contribution in [1.82, 2.24) is 14.8 Å². The van der Waals surface area contributed by atoms with Crippen molar-refractivity contribution in [2.24, 2.45) is 5.73 Å². The normalized spacial score (nSPS) is 10.5. The van der Waals surface area contributed by atoms with E-state index in [1.807, 2.05) is 13.0 Å². The second-order valence-corrected chi connectivity index (χ2v) is 4.98. The van der Waals surface area contributed by atoms with Gasteiger partial charge >= 0.3 is 6.03 Å². The van der Waals surface area contributed by atoms with Crippen LogP contribution >= 0.6 is 0 Å². The van der Waals surface area contributed by atoms with E-state index >= 15 is 0 Å². The second kappa shape index (κ2) is 5.88. The molecule has 0 aliphatic rings. The molecular weight excluding hydrogens is 297 g/mol. The number of aryl methyl sites for hydroxylation is 1. The smallest absolute Gasteiger partial charge is 0.317 e. The molecule has 6 nitrogen and oxygen atoms in total. The fourth-order valence-corrected chi connectivity index (χ4v) is 2.35. The monoisotopic (exact) mass is 311 g/mol. The van der Waals surface area contributed by atoms with Crippen LogP contribution in [0.15, 0.2) is 48.8 Å². The minimum atomic E-state index is -0.683. The summed E-state index contributed by atoms with van der Waals surface area (Å²) in [5.41, 5.74) is 8.22. The van der Waals surface area contributed by atoms with Crippen molar-refractivity contribution in [3.63, 3.8) is 0 Å². The molecule has 3 aromatic rings. The average Bonchev–Trinajstić information content (AvgIpc) is 2.96. The van der Waals surface area contributed by atoms with Gasteiger partial charge in [0.15, 0.2) is 0 Å². The number of benzene rings is 1. The zero-order valence-electron chi connectivity index (χ0n) is 12.3. The Balaban J connectivity index is 2.06. The van der Waals surface area contributed by atoms with Gasteiger partial charge in [-0.25, -0.2) is 18.9 Å². The number of urea groups is 1. The first-order valence-electron chi connectivity index (χ1n) is 6.88. The van der Waals surface area contributed by atoms with E-state index in [-0.39, 0.29) is 5.82 Å². The summed E-state index contributed by atoms with van der Waals surface area (Å²) in [6, 6.07) is 9.14. The van der Waals surface area contributed by atoms with Gasteiger partial charge < -0.3 is 5.73 Å². The minimum Gasteiger partial charge on any atom is -0.351 e. The van der Waals surface area contributed by atoms with Crippen molar-refractivity contribution in [3.8, 4) is 16.9 Å². The third-order valence-electron chi connectivity index (χ3n) is 3.34. The third-order valence-corrected chi connectivity index (χ3v) is 3.34. The number of rotatable bonds is 3. The molecule has 2 amide bonds. The highest BCUT2D eigenvalue weighted by atomic mass is 19.1. The summed E-state index contributed by atoms with van der Waals surface area (Å²) in [4.78, 5) is 15.0. The van der Waals surface area contributed by atoms with E-state index in [9.17, 15) is 9.18 Å². The topological polar surface area (TPSA) is 85.8 Å². The van der Waals surface area contributed by atoms with Gasteiger partial charge in [-0.05, 0) is 48.9 Å². The van der Waals surface area contributed by atoms with Gasteiger partial charge in [0.2, 0.25) is 0 Å². The van der Waals surface area contributed by atoms with E-state index in [0.29, 0.717) is 5.82 Å². The first kappa shape index (κ1) is 14.7. The van der Waals surface area contributed by atoms with Gasteiger partial charge in [0, 0.05) is 11.8 Å². The summed E-state index contributed by atoms with van der Waals surface area (Å²) in [7, 11) is 0. The zero-order chi connectivity index (χ0) is 16.4. The van der Waals surface area contributed by atoms with Crippen LogP contribution in [0, 0.1) is 12.7 Å². The van der Waals surface area contributed by atoms with Crippen LogP contribution in [0.5, 0.6) is 0 Å². The molecule has 7 heteroatoms. The Hall–Kier alpha value is -3.22. The Bertz CT molecular complexity index is 874. The molecule has 0 unspecified atom stereocenters. The lowest BCUT2D eigenvalue weighted by molar-refractivity contribution is 0.259. The lowest BCUT2D eigenvalue weighted by Gasteiger charge is -2.11. The lowest BCUT2D eigenvalue weighted by Crippen LogP contribution is -2.19. The van der Waals surface area contributed by atoms with Gasteiger partial charge in [-0.3, -0.25) is 5.32 Å². The number of aromatic nitrogens is 3. The third kappa shape index (κ3) is 3.03. The van der Waals surface area contributed by atoms with Crippen LogP contribution in [-0.4, -0.2) is 20.8 Å². The number of carbonyl (C=O) groups is 1. The maximum atomic E-state index is 13.3. The first-order chi connectivity index (χ1) is 11.0. The number of hydrogen-bond donors (Lipinski definition) is 2. The van der Waals surface area contributed by atoms with Gasteiger partial charge in [-0.15, -0.1) is 0 Å². The Kier molecular flexibility index (Phi) is 3.76. The zero-order valence-corrected chi connectivity index (χ0v) is 12.3. The molecule has 3 rings (SSSR count). The number of hydrogen-bond acceptors (Lipinski definition) is 3. The molecule has 1 aromatic carbocycles. The molecule has 0 radical (unpaired) electrons. The highest BCUT2D eigenvalue weighted by Crippen LogP contribution is 2.25.